The van der Waals surface area contributed by atoms with E-state index in [1.807, 2.05) is 32.9 Å². The average molecular weight is 546 g/mol. The number of ether oxygens (including phenoxy) is 1. The predicted molar refractivity (Wildman–Crippen MR) is 162 cm³/mol. The summed E-state index contributed by atoms with van der Waals surface area (Å²) < 4.78 is 7.04. The molecule has 40 heavy (non-hydrogen) atoms. The maximum Gasteiger partial charge on any atom is 0.419 e. The van der Waals surface area contributed by atoms with Crippen molar-refractivity contribution in [2.75, 3.05) is 44.3 Å². The molecule has 2 fully saturated rings. The lowest BCUT2D eigenvalue weighted by Gasteiger charge is -2.36. The lowest BCUT2D eigenvalue weighted by Crippen LogP contribution is -2.40. The number of aromatic amines is 1. The molecule has 7 heteroatoms. The van der Waals surface area contributed by atoms with Gasteiger partial charge in [0.1, 0.15) is 6.72 Å². The number of carbonyl (C=O) groups is 1. The van der Waals surface area contributed by atoms with E-state index in [0.717, 1.165) is 93.1 Å². The van der Waals surface area contributed by atoms with E-state index >= 15 is 0 Å². The highest BCUT2D eigenvalue weighted by Crippen LogP contribution is 2.30. The predicted octanol–water partition coefficient (Wildman–Crippen LogP) is 4.44. The number of hydrogen-bond donors (Lipinski definition) is 1. The Hall–Kier alpha value is -3.21. The van der Waals surface area contributed by atoms with E-state index in [-0.39, 0.29) is 18.0 Å². The summed E-state index contributed by atoms with van der Waals surface area (Å²) in [5.41, 5.74) is 5.43. The summed E-state index contributed by atoms with van der Waals surface area (Å²) in [7, 11) is 0. The minimum Gasteiger partial charge on any atom is -0.381 e. The molecule has 1 aromatic carbocycles. The first-order valence-electron chi connectivity index (χ1n) is 14.8. The Bertz CT molecular complexity index is 1350. The molecular weight excluding hydrogens is 500 g/mol. The fraction of sp³-hybridized carbons (Fsp3) is 0.545. The van der Waals surface area contributed by atoms with Gasteiger partial charge in [-0.15, -0.1) is 0 Å². The van der Waals surface area contributed by atoms with Crippen LogP contribution in [0.15, 0.2) is 23.0 Å². The Balaban J connectivity index is 1.69. The number of nitrogens with one attached hydrogen (secondary N) is 1. The van der Waals surface area contributed by atoms with Crippen molar-refractivity contribution in [3.63, 3.8) is 0 Å². The molecule has 0 aliphatic carbocycles. The molecule has 214 valence electrons. The monoisotopic (exact) mass is 545 g/mol. The van der Waals surface area contributed by atoms with Gasteiger partial charge in [-0.25, -0.2) is 4.79 Å². The molecule has 2 aliphatic heterocycles. The number of likely N-dealkylation sites (tertiary alicyclic amines) is 1. The van der Waals surface area contributed by atoms with E-state index in [9.17, 15) is 9.59 Å². The van der Waals surface area contributed by atoms with Crippen molar-refractivity contribution >= 4 is 18.3 Å². The van der Waals surface area contributed by atoms with Crippen LogP contribution in [0.3, 0.4) is 0 Å². The quantitative estimate of drug-likeness (QED) is 0.317. The Labute approximate surface area is 239 Å². The summed E-state index contributed by atoms with van der Waals surface area (Å²) in [5.74, 6) is 7.12. The summed E-state index contributed by atoms with van der Waals surface area (Å²) in [4.78, 5) is 34.3. The van der Waals surface area contributed by atoms with Gasteiger partial charge in [-0.1, -0.05) is 18.8 Å². The Morgan fingerprint density at radius 2 is 1.82 bits per heavy atom. The highest BCUT2D eigenvalue weighted by atomic mass is 16.5. The van der Waals surface area contributed by atoms with Crippen LogP contribution in [0.1, 0.15) is 77.8 Å². The van der Waals surface area contributed by atoms with Gasteiger partial charge in [0.05, 0.1) is 11.1 Å². The molecule has 1 amide bonds. The van der Waals surface area contributed by atoms with Crippen molar-refractivity contribution < 1.29 is 14.1 Å². The van der Waals surface area contributed by atoms with Crippen molar-refractivity contribution in [1.82, 2.24) is 9.88 Å². The second kappa shape index (κ2) is 13.4. The van der Waals surface area contributed by atoms with Crippen LogP contribution in [-0.2, 0) is 11.3 Å². The molecular formula is C33H45N4O3+. The number of aryl methyl sites for hydroxylation is 2. The largest absolute Gasteiger partial charge is 0.419 e. The van der Waals surface area contributed by atoms with Crippen LogP contribution in [0, 0.1) is 38.5 Å². The zero-order valence-electron chi connectivity index (χ0n) is 24.9. The number of nitrogens with zero attached hydrogens (tertiary/aromatic N) is 3. The first-order valence-corrected chi connectivity index (χ1v) is 14.8. The highest BCUT2D eigenvalue weighted by Gasteiger charge is 2.28. The third kappa shape index (κ3) is 6.92. The Morgan fingerprint density at radius 3 is 2.45 bits per heavy atom. The summed E-state index contributed by atoms with van der Waals surface area (Å²) in [6.45, 7) is 19.9. The lowest BCUT2D eigenvalue weighted by molar-refractivity contribution is -0.436. The van der Waals surface area contributed by atoms with Crippen molar-refractivity contribution in [3.8, 4) is 11.8 Å². The van der Waals surface area contributed by atoms with Crippen LogP contribution in [0.4, 0.5) is 5.69 Å². The molecule has 0 spiro atoms. The van der Waals surface area contributed by atoms with E-state index in [2.05, 4.69) is 53.3 Å². The van der Waals surface area contributed by atoms with Gasteiger partial charge in [0.25, 0.3) is 5.56 Å². The second-order valence-electron chi connectivity index (χ2n) is 11.2. The lowest BCUT2D eigenvalue weighted by atomic mass is 9.95. The van der Waals surface area contributed by atoms with Crippen LogP contribution < -0.4 is 10.5 Å². The SMILES string of the molecule is C=[N+](Cc1c(C)cc(C)[nH]c1=O)C(=O)c1cc(C#CC2CCN(CC)CC2)cc(N(CC)C2CCOCC2)c1C. The summed E-state index contributed by atoms with van der Waals surface area (Å²) in [6, 6.07) is 6.35. The van der Waals surface area contributed by atoms with E-state index in [4.69, 9.17) is 4.74 Å². The fourth-order valence-corrected chi connectivity index (χ4v) is 6.00. The smallest absolute Gasteiger partial charge is 0.381 e. The minimum absolute atomic E-state index is 0.137. The number of rotatable bonds is 7. The van der Waals surface area contributed by atoms with Crippen molar-refractivity contribution in [2.45, 2.75) is 72.9 Å². The van der Waals surface area contributed by atoms with E-state index in [0.29, 0.717) is 23.1 Å². The molecule has 0 atom stereocenters. The third-order valence-electron chi connectivity index (χ3n) is 8.48. The molecule has 3 heterocycles. The van der Waals surface area contributed by atoms with E-state index in [1.165, 1.54) is 4.58 Å². The van der Waals surface area contributed by atoms with Crippen molar-refractivity contribution in [1.29, 1.82) is 0 Å². The summed E-state index contributed by atoms with van der Waals surface area (Å²) >= 11 is 0. The molecule has 2 aliphatic rings. The number of piperidine rings is 1. The summed E-state index contributed by atoms with van der Waals surface area (Å²) in [6.07, 6.45) is 4.07. The van der Waals surface area contributed by atoms with Gasteiger partial charge in [-0.3, -0.25) is 4.79 Å². The number of carbonyl (C=O) groups excluding carboxylic acids is 1. The number of anilines is 1. The van der Waals surface area contributed by atoms with Gasteiger partial charge in [-0.2, -0.15) is 4.58 Å². The number of amides is 1. The van der Waals surface area contributed by atoms with Crippen LogP contribution in [0.2, 0.25) is 0 Å². The molecule has 2 saturated heterocycles. The van der Waals surface area contributed by atoms with Gasteiger partial charge in [0.2, 0.25) is 0 Å². The molecule has 1 aromatic heterocycles. The van der Waals surface area contributed by atoms with E-state index < -0.39 is 0 Å². The van der Waals surface area contributed by atoms with Crippen molar-refractivity contribution in [3.05, 3.63) is 62.1 Å². The first kappa shape index (κ1) is 29.8. The average Bonchev–Trinajstić information content (AvgIpc) is 2.95. The summed E-state index contributed by atoms with van der Waals surface area (Å²) in [5, 5.41) is 0. The highest BCUT2D eigenvalue weighted by molar-refractivity contribution is 5.93. The molecule has 0 unspecified atom stereocenters. The Kier molecular flexibility index (Phi) is 9.99. The third-order valence-corrected chi connectivity index (χ3v) is 8.48. The van der Waals surface area contributed by atoms with Gasteiger partial charge in [0, 0.05) is 48.7 Å². The van der Waals surface area contributed by atoms with E-state index in [1.54, 1.807) is 0 Å². The first-order chi connectivity index (χ1) is 19.2. The fourth-order valence-electron chi connectivity index (χ4n) is 6.00. The number of pyridine rings is 1. The standard InChI is InChI=1S/C33H44N4O3/c1-7-36-15-11-26(12-16-36)9-10-27-20-29(25(5)31(21-27)37(8-2)28-13-17-40-18-14-28)33(39)35(6)22-30-23(3)19-24(4)34-32(30)38/h19-21,26,28H,6-8,11-18,22H2,1-5H3/p+1. The molecule has 0 radical (unpaired) electrons. The molecule has 2 aromatic rings. The maximum absolute atomic E-state index is 13.9. The number of benzene rings is 1. The molecule has 1 N–H and O–H groups in total. The van der Waals surface area contributed by atoms with Crippen molar-refractivity contribution in [2.24, 2.45) is 5.92 Å². The number of H-pyrrole nitrogens is 1. The topological polar surface area (TPSA) is 68.7 Å². The zero-order valence-corrected chi connectivity index (χ0v) is 24.9. The Morgan fingerprint density at radius 1 is 1.12 bits per heavy atom. The van der Waals surface area contributed by atoms with Gasteiger partial charge < -0.3 is 19.5 Å². The zero-order chi connectivity index (χ0) is 28.8. The number of aromatic nitrogens is 1. The molecule has 7 nitrogen and oxygen atoms in total. The molecule has 0 bridgehead atoms. The number of hydrogen-bond acceptors (Lipinski definition) is 5. The molecule has 0 saturated carbocycles. The second-order valence-corrected chi connectivity index (χ2v) is 11.2. The van der Waals surface area contributed by atoms with Gasteiger partial charge in [0.15, 0.2) is 6.54 Å². The van der Waals surface area contributed by atoms with Gasteiger partial charge >= 0.3 is 5.91 Å². The van der Waals surface area contributed by atoms with Crippen LogP contribution in [0.25, 0.3) is 0 Å². The van der Waals surface area contributed by atoms with Crippen LogP contribution >= 0.6 is 0 Å². The van der Waals surface area contributed by atoms with Crippen LogP contribution in [0.5, 0.6) is 0 Å². The van der Waals surface area contributed by atoms with Gasteiger partial charge in [-0.05, 0) is 102 Å². The van der Waals surface area contributed by atoms with Crippen LogP contribution in [-0.4, -0.2) is 72.5 Å². The minimum atomic E-state index is -0.207. The normalized spacial score (nSPS) is 16.8. The molecule has 4 rings (SSSR count). The maximum atomic E-state index is 13.9.